The minimum absolute atomic E-state index is 0.806. The first-order valence-electron chi connectivity index (χ1n) is 6.94. The van der Waals surface area contributed by atoms with Gasteiger partial charge in [0.1, 0.15) is 5.75 Å². The van der Waals surface area contributed by atoms with E-state index < -0.39 is 0 Å². The van der Waals surface area contributed by atoms with Crippen molar-refractivity contribution in [1.82, 2.24) is 10.2 Å². The van der Waals surface area contributed by atoms with E-state index in [9.17, 15) is 0 Å². The number of ether oxygens (including phenoxy) is 1. The fourth-order valence-corrected chi connectivity index (χ4v) is 2.05. The zero-order chi connectivity index (χ0) is 14.1. The Morgan fingerprint density at radius 2 is 2.05 bits per heavy atom. The molecule has 0 heterocycles. The molecular weight excluding hydrogens is 236 g/mol. The van der Waals surface area contributed by atoms with Crippen LogP contribution in [0.2, 0.25) is 0 Å². The fraction of sp³-hybridized carbons (Fsp3) is 0.500. The quantitative estimate of drug-likeness (QED) is 0.547. The largest absolute Gasteiger partial charge is 0.496 e. The Kier molecular flexibility index (Phi) is 7.23. The maximum atomic E-state index is 5.48. The minimum atomic E-state index is 0.806. The lowest BCUT2D eigenvalue weighted by molar-refractivity contribution is 0.295. The van der Waals surface area contributed by atoms with Gasteiger partial charge in [0, 0.05) is 25.2 Å². The fourth-order valence-electron chi connectivity index (χ4n) is 2.05. The average Bonchev–Trinajstić information content (AvgIpc) is 2.46. The van der Waals surface area contributed by atoms with Gasteiger partial charge < -0.3 is 10.1 Å². The lowest BCUT2D eigenvalue weighted by Crippen LogP contribution is -2.22. The summed E-state index contributed by atoms with van der Waals surface area (Å²) in [5.41, 5.74) is 2.49. The third-order valence-corrected chi connectivity index (χ3v) is 3.26. The van der Waals surface area contributed by atoms with Gasteiger partial charge in [-0.25, -0.2) is 0 Å². The topological polar surface area (TPSA) is 24.5 Å². The van der Waals surface area contributed by atoms with Gasteiger partial charge >= 0.3 is 0 Å². The highest BCUT2D eigenvalue weighted by atomic mass is 16.5. The first kappa shape index (κ1) is 15.7. The van der Waals surface area contributed by atoms with E-state index in [1.165, 1.54) is 11.1 Å². The molecule has 1 aromatic rings. The molecule has 1 N–H and O–H groups in total. The summed E-state index contributed by atoms with van der Waals surface area (Å²) in [4.78, 5) is 2.39. The van der Waals surface area contributed by atoms with Crippen LogP contribution in [0.3, 0.4) is 0 Å². The van der Waals surface area contributed by atoms with Crippen LogP contribution in [0.4, 0.5) is 0 Å². The van der Waals surface area contributed by atoms with Crippen molar-refractivity contribution in [3.8, 4) is 5.75 Å². The van der Waals surface area contributed by atoms with E-state index >= 15 is 0 Å². The van der Waals surface area contributed by atoms with Gasteiger partial charge in [-0.05, 0) is 24.7 Å². The second-order valence-electron chi connectivity index (χ2n) is 4.53. The highest BCUT2D eigenvalue weighted by Gasteiger charge is 2.06. The lowest BCUT2D eigenvalue weighted by atomic mass is 10.1. The van der Waals surface area contributed by atoms with Crippen molar-refractivity contribution in [3.05, 3.63) is 42.0 Å². The molecule has 0 aromatic heterocycles. The monoisotopic (exact) mass is 262 g/mol. The summed E-state index contributed by atoms with van der Waals surface area (Å²) in [7, 11) is 1.73. The molecule has 0 amide bonds. The lowest BCUT2D eigenvalue weighted by Gasteiger charge is -2.19. The Balaban J connectivity index is 2.74. The number of hydrogen-bond donors (Lipinski definition) is 1. The van der Waals surface area contributed by atoms with E-state index in [-0.39, 0.29) is 0 Å². The maximum absolute atomic E-state index is 5.48. The van der Waals surface area contributed by atoms with Gasteiger partial charge in [-0.2, -0.15) is 0 Å². The van der Waals surface area contributed by atoms with Crippen LogP contribution in [0, 0.1) is 0 Å². The Labute approximate surface area is 117 Å². The minimum Gasteiger partial charge on any atom is -0.496 e. The molecule has 1 aromatic carbocycles. The van der Waals surface area contributed by atoms with Crippen molar-refractivity contribution < 1.29 is 4.74 Å². The smallest absolute Gasteiger partial charge is 0.123 e. The molecule has 0 saturated carbocycles. The molecule has 3 heteroatoms. The third kappa shape index (κ3) is 5.05. The highest BCUT2D eigenvalue weighted by Crippen LogP contribution is 2.21. The molecule has 0 atom stereocenters. The molecule has 0 aliphatic heterocycles. The molecular formula is C16H26N2O. The normalized spacial score (nSPS) is 10.7. The summed E-state index contributed by atoms with van der Waals surface area (Å²) >= 11 is 0. The zero-order valence-corrected chi connectivity index (χ0v) is 12.4. The van der Waals surface area contributed by atoms with Gasteiger partial charge in [-0.1, -0.05) is 32.1 Å². The van der Waals surface area contributed by atoms with Crippen molar-refractivity contribution in [2.24, 2.45) is 0 Å². The summed E-state index contributed by atoms with van der Waals surface area (Å²) in [5, 5.41) is 3.30. The molecule has 0 unspecified atom stereocenters. The second kappa shape index (κ2) is 8.73. The third-order valence-electron chi connectivity index (χ3n) is 3.26. The molecule has 19 heavy (non-hydrogen) atoms. The van der Waals surface area contributed by atoms with Gasteiger partial charge in [0.2, 0.25) is 0 Å². The Morgan fingerprint density at radius 3 is 2.63 bits per heavy atom. The van der Waals surface area contributed by atoms with Crippen molar-refractivity contribution in [2.75, 3.05) is 26.7 Å². The van der Waals surface area contributed by atoms with Gasteiger partial charge in [0.25, 0.3) is 0 Å². The Bertz CT molecular complexity index is 386. The van der Waals surface area contributed by atoms with Crippen LogP contribution >= 0.6 is 0 Å². The molecule has 0 aliphatic rings. The Morgan fingerprint density at radius 1 is 1.32 bits per heavy atom. The molecule has 0 spiro atoms. The summed E-state index contributed by atoms with van der Waals surface area (Å²) in [6, 6.07) is 6.47. The summed E-state index contributed by atoms with van der Waals surface area (Å²) in [6.45, 7) is 12.8. The first-order chi connectivity index (χ1) is 9.24. The van der Waals surface area contributed by atoms with E-state index in [2.05, 4.69) is 48.8 Å². The standard InChI is InChI=1S/C16H26N2O/c1-5-10-17-12-15-9-8-14(11-16(15)19-4)13-18(6-2)7-3/h5,8-9,11,17H,1,6-7,10,12-13H2,2-4H3. The molecule has 3 nitrogen and oxygen atoms in total. The van der Waals surface area contributed by atoms with Crippen LogP contribution in [0.5, 0.6) is 5.75 Å². The molecule has 0 saturated heterocycles. The van der Waals surface area contributed by atoms with Crippen LogP contribution in [-0.2, 0) is 13.1 Å². The van der Waals surface area contributed by atoms with Crippen molar-refractivity contribution >= 4 is 0 Å². The predicted octanol–water partition coefficient (Wildman–Crippen LogP) is 2.81. The molecule has 0 bridgehead atoms. The summed E-state index contributed by atoms with van der Waals surface area (Å²) in [6.07, 6.45) is 1.86. The number of methoxy groups -OCH3 is 1. The van der Waals surface area contributed by atoms with Crippen LogP contribution in [0.25, 0.3) is 0 Å². The van der Waals surface area contributed by atoms with Gasteiger partial charge in [0.15, 0.2) is 0 Å². The SMILES string of the molecule is C=CCNCc1ccc(CN(CC)CC)cc1OC. The van der Waals surface area contributed by atoms with Crippen LogP contribution in [0.1, 0.15) is 25.0 Å². The zero-order valence-electron chi connectivity index (χ0n) is 12.4. The Hall–Kier alpha value is -1.32. The molecule has 1 rings (SSSR count). The first-order valence-corrected chi connectivity index (χ1v) is 6.94. The van der Waals surface area contributed by atoms with Crippen LogP contribution in [0.15, 0.2) is 30.9 Å². The highest BCUT2D eigenvalue weighted by molar-refractivity contribution is 5.37. The van der Waals surface area contributed by atoms with Crippen LogP contribution in [-0.4, -0.2) is 31.6 Å². The second-order valence-corrected chi connectivity index (χ2v) is 4.53. The number of nitrogens with one attached hydrogen (secondary N) is 1. The van der Waals surface area contributed by atoms with E-state index in [1.54, 1.807) is 7.11 Å². The predicted molar refractivity (Wildman–Crippen MR) is 81.5 cm³/mol. The molecule has 0 radical (unpaired) electrons. The summed E-state index contributed by atoms with van der Waals surface area (Å²) in [5.74, 6) is 0.959. The van der Waals surface area contributed by atoms with Gasteiger partial charge in [0.05, 0.1) is 7.11 Å². The van der Waals surface area contributed by atoms with E-state index in [4.69, 9.17) is 4.74 Å². The number of rotatable bonds is 9. The van der Waals surface area contributed by atoms with Crippen molar-refractivity contribution in [2.45, 2.75) is 26.9 Å². The van der Waals surface area contributed by atoms with Crippen molar-refractivity contribution in [3.63, 3.8) is 0 Å². The van der Waals surface area contributed by atoms with E-state index in [1.807, 2.05) is 6.08 Å². The number of nitrogens with zero attached hydrogens (tertiary/aromatic N) is 1. The number of hydrogen-bond acceptors (Lipinski definition) is 3. The molecule has 106 valence electrons. The van der Waals surface area contributed by atoms with Gasteiger partial charge in [-0.3, -0.25) is 4.90 Å². The van der Waals surface area contributed by atoms with Gasteiger partial charge in [-0.15, -0.1) is 6.58 Å². The van der Waals surface area contributed by atoms with E-state index in [0.29, 0.717) is 0 Å². The van der Waals surface area contributed by atoms with Crippen LogP contribution < -0.4 is 10.1 Å². The summed E-state index contributed by atoms with van der Waals surface area (Å²) < 4.78 is 5.48. The van der Waals surface area contributed by atoms with Crippen molar-refractivity contribution in [1.29, 1.82) is 0 Å². The average molecular weight is 262 g/mol. The molecule has 0 fully saturated rings. The maximum Gasteiger partial charge on any atom is 0.123 e. The number of benzene rings is 1. The van der Waals surface area contributed by atoms with E-state index in [0.717, 1.165) is 38.5 Å². The molecule has 0 aliphatic carbocycles.